The van der Waals surface area contributed by atoms with Crippen LogP contribution in [0.5, 0.6) is 5.75 Å². The molecule has 6 N–H and O–H groups in total. The van der Waals surface area contributed by atoms with Crippen LogP contribution in [-0.4, -0.2) is 57.0 Å². The van der Waals surface area contributed by atoms with Gasteiger partial charge in [0.2, 0.25) is 5.66 Å². The van der Waals surface area contributed by atoms with E-state index in [0.29, 0.717) is 6.29 Å². The Kier molecular flexibility index (Phi) is 7.24. The lowest BCUT2D eigenvalue weighted by Gasteiger charge is -2.20. The molecule has 0 heterocycles. The molecular formula is C14H19NO8P+. The molecule has 1 aromatic rings. The Morgan fingerprint density at radius 1 is 1.29 bits per heavy atom. The van der Waals surface area contributed by atoms with Crippen molar-refractivity contribution in [1.29, 1.82) is 0 Å². The molecule has 0 radical (unpaired) electrons. The summed E-state index contributed by atoms with van der Waals surface area (Å²) in [5.74, 6) is -2.30. The molecule has 2 unspecified atom stereocenters. The molecule has 132 valence electrons. The van der Waals surface area contributed by atoms with E-state index >= 15 is 0 Å². The van der Waals surface area contributed by atoms with Crippen molar-refractivity contribution >= 4 is 25.9 Å². The van der Waals surface area contributed by atoms with Crippen LogP contribution >= 0.6 is 7.72 Å². The summed E-state index contributed by atoms with van der Waals surface area (Å²) < 4.78 is 4.98. The summed E-state index contributed by atoms with van der Waals surface area (Å²) in [7, 11) is -3.81. The van der Waals surface area contributed by atoms with Crippen molar-refractivity contribution in [3.63, 3.8) is 0 Å². The number of aliphatic carboxylic acids is 2. The number of ether oxygens (including phenoxy) is 1. The summed E-state index contributed by atoms with van der Waals surface area (Å²) in [6.07, 6.45) is -0.171. The number of carboxylic acids is 2. The molecule has 1 rings (SSSR count). The zero-order valence-corrected chi connectivity index (χ0v) is 13.5. The van der Waals surface area contributed by atoms with Crippen molar-refractivity contribution < 1.29 is 39.1 Å². The lowest BCUT2D eigenvalue weighted by atomic mass is 10.1. The van der Waals surface area contributed by atoms with E-state index in [1.807, 2.05) is 0 Å². The largest absolute Gasteiger partial charge is 0.482 e. The van der Waals surface area contributed by atoms with E-state index in [1.165, 1.54) is 24.3 Å². The molecule has 0 aliphatic rings. The van der Waals surface area contributed by atoms with Crippen LogP contribution in [0.2, 0.25) is 0 Å². The molecule has 0 saturated carbocycles. The van der Waals surface area contributed by atoms with Crippen LogP contribution in [0.3, 0.4) is 0 Å². The number of nitrogens with two attached hydrogens (primary N) is 1. The Balaban J connectivity index is 2.90. The molecule has 1 aromatic carbocycles. The molecule has 0 saturated heterocycles. The lowest BCUT2D eigenvalue weighted by molar-refractivity contribution is -0.139. The highest BCUT2D eigenvalue weighted by atomic mass is 31.2. The van der Waals surface area contributed by atoms with Crippen molar-refractivity contribution in [3.05, 3.63) is 29.8 Å². The maximum absolute atomic E-state index is 11.3. The molecule has 0 aliphatic carbocycles. The van der Waals surface area contributed by atoms with Gasteiger partial charge in [-0.15, -0.1) is 0 Å². The van der Waals surface area contributed by atoms with E-state index < -0.39 is 38.0 Å². The van der Waals surface area contributed by atoms with E-state index in [2.05, 4.69) is 0 Å². The molecule has 0 aromatic heterocycles. The molecular weight excluding hydrogens is 341 g/mol. The van der Waals surface area contributed by atoms with E-state index in [4.69, 9.17) is 20.7 Å². The molecule has 0 aliphatic heterocycles. The van der Waals surface area contributed by atoms with Gasteiger partial charge in [0, 0.05) is 12.0 Å². The second-order valence-corrected chi connectivity index (χ2v) is 7.65. The van der Waals surface area contributed by atoms with E-state index in [0.717, 1.165) is 0 Å². The summed E-state index contributed by atoms with van der Waals surface area (Å²) in [6, 6.07) is 4.47. The second-order valence-electron chi connectivity index (χ2n) is 5.08. The van der Waals surface area contributed by atoms with Gasteiger partial charge in [-0.1, -0.05) is 12.1 Å². The van der Waals surface area contributed by atoms with Crippen LogP contribution in [0, 0.1) is 0 Å². The van der Waals surface area contributed by atoms with Crippen molar-refractivity contribution in [1.82, 2.24) is 0 Å². The third kappa shape index (κ3) is 5.86. The van der Waals surface area contributed by atoms with E-state index in [9.17, 15) is 24.2 Å². The number of benzene rings is 1. The molecule has 0 spiro atoms. The molecule has 0 fully saturated rings. The molecule has 0 bridgehead atoms. The van der Waals surface area contributed by atoms with Crippen molar-refractivity contribution in [2.75, 3.05) is 12.8 Å². The number of hydrogen-bond acceptors (Lipinski definition) is 7. The zero-order valence-electron chi connectivity index (χ0n) is 12.6. The molecule has 9 nitrogen and oxygen atoms in total. The molecule has 24 heavy (non-hydrogen) atoms. The van der Waals surface area contributed by atoms with Crippen LogP contribution in [0.25, 0.3) is 0 Å². The highest BCUT2D eigenvalue weighted by molar-refractivity contribution is 7.65. The van der Waals surface area contributed by atoms with Crippen molar-refractivity contribution in [2.24, 2.45) is 5.73 Å². The number of aldehydes is 1. The van der Waals surface area contributed by atoms with Gasteiger partial charge in [-0.3, -0.25) is 9.59 Å². The average Bonchev–Trinajstić information content (AvgIpc) is 2.51. The van der Waals surface area contributed by atoms with Crippen LogP contribution in [-0.2, 0) is 14.4 Å². The number of rotatable bonds is 10. The predicted molar refractivity (Wildman–Crippen MR) is 84.8 cm³/mol. The highest BCUT2D eigenvalue weighted by Gasteiger charge is 2.45. The van der Waals surface area contributed by atoms with Crippen LogP contribution in [0.1, 0.15) is 17.6 Å². The Labute approximate surface area is 138 Å². The predicted octanol–water partition coefficient (Wildman–Crippen LogP) is 0.0242. The first-order chi connectivity index (χ1) is 11.2. The first-order valence-electron chi connectivity index (χ1n) is 6.89. The van der Waals surface area contributed by atoms with E-state index in [1.54, 1.807) is 0 Å². The van der Waals surface area contributed by atoms with Gasteiger partial charge in [0.25, 0.3) is 7.72 Å². The maximum Gasteiger partial charge on any atom is 0.341 e. The fraction of sp³-hybridized carbons (Fsp3) is 0.357. The van der Waals surface area contributed by atoms with Gasteiger partial charge in [0.05, 0.1) is 0 Å². The number of carboxylic acid groups (broad SMARTS) is 2. The summed E-state index contributed by atoms with van der Waals surface area (Å²) in [5, 5.41) is 17.3. The number of carbonyl (C=O) groups excluding carboxylic acids is 1. The normalized spacial score (nSPS) is 13.8. The van der Waals surface area contributed by atoms with Gasteiger partial charge >= 0.3 is 11.9 Å². The smallest absolute Gasteiger partial charge is 0.341 e. The first-order valence-corrected chi connectivity index (χ1v) is 8.83. The Morgan fingerprint density at radius 3 is 2.50 bits per heavy atom. The Bertz CT molecular complexity index is 606. The minimum atomic E-state index is -3.81. The van der Waals surface area contributed by atoms with Gasteiger partial charge in [-0.25, -0.2) is 14.6 Å². The Hall–Kier alpha value is -2.06. The van der Waals surface area contributed by atoms with Gasteiger partial charge in [0.15, 0.2) is 12.9 Å². The topological polar surface area (TPSA) is 167 Å². The minimum Gasteiger partial charge on any atom is -0.482 e. The van der Waals surface area contributed by atoms with Gasteiger partial charge in [-0.05, 0) is 12.1 Å². The van der Waals surface area contributed by atoms with Gasteiger partial charge < -0.3 is 20.7 Å². The average molecular weight is 360 g/mol. The van der Waals surface area contributed by atoms with Crippen LogP contribution in [0.4, 0.5) is 0 Å². The SMILES string of the molecule is NC(CC[P+](O)(O)C(C=O)c1cccc(OCC(=O)O)c1)C(=O)O. The van der Waals surface area contributed by atoms with Gasteiger partial charge in [-0.2, -0.15) is 0 Å². The minimum absolute atomic E-state index is 0.156. The number of hydrogen-bond donors (Lipinski definition) is 5. The second kappa shape index (κ2) is 8.70. The number of carbonyl (C=O) groups is 3. The third-order valence-electron chi connectivity index (χ3n) is 3.22. The first kappa shape index (κ1) is 20.0. The standard InChI is InChI=1S/C14H18NO8P/c15-11(14(19)20)4-5-24(21,22)12(7-16)9-2-1-3-10(6-9)23-8-13(17)18/h1-3,6-7,11-12,21-22H,4-5,8,15H2,(H-,17,18,19,20)/p+1. The maximum atomic E-state index is 11.3. The monoisotopic (exact) mass is 360 g/mol. The summed E-state index contributed by atoms with van der Waals surface area (Å²) >= 11 is 0. The van der Waals surface area contributed by atoms with Crippen molar-refractivity contribution in [2.45, 2.75) is 18.1 Å². The Morgan fingerprint density at radius 2 is 1.96 bits per heavy atom. The quantitative estimate of drug-likeness (QED) is 0.285. The molecule has 10 heteroatoms. The summed E-state index contributed by atoms with van der Waals surface area (Å²) in [4.78, 5) is 53.0. The summed E-state index contributed by atoms with van der Waals surface area (Å²) in [5.41, 5.74) is 4.29. The lowest BCUT2D eigenvalue weighted by Crippen LogP contribution is -2.31. The van der Waals surface area contributed by atoms with Gasteiger partial charge in [0.1, 0.15) is 18.0 Å². The molecule has 0 amide bonds. The van der Waals surface area contributed by atoms with Crippen molar-refractivity contribution in [3.8, 4) is 5.75 Å². The van der Waals surface area contributed by atoms with Crippen LogP contribution < -0.4 is 10.5 Å². The molecule has 2 atom stereocenters. The summed E-state index contributed by atoms with van der Waals surface area (Å²) in [6.45, 7) is -0.582. The van der Waals surface area contributed by atoms with E-state index in [-0.39, 0.29) is 23.9 Å². The fourth-order valence-corrected chi connectivity index (χ4v) is 3.71. The fourth-order valence-electron chi connectivity index (χ4n) is 1.94. The van der Waals surface area contributed by atoms with Crippen LogP contribution in [0.15, 0.2) is 24.3 Å². The third-order valence-corrected chi connectivity index (χ3v) is 5.45. The highest BCUT2D eigenvalue weighted by Crippen LogP contribution is 2.62. The zero-order chi connectivity index (χ0) is 18.3.